The third-order valence-electron chi connectivity index (χ3n) is 3.22. The van der Waals surface area contributed by atoms with E-state index in [0.29, 0.717) is 19.4 Å². The number of hydrogen-bond donors (Lipinski definition) is 0. The van der Waals surface area contributed by atoms with E-state index in [1.807, 2.05) is 23.1 Å². The maximum Gasteiger partial charge on any atom is 0.300 e. The van der Waals surface area contributed by atoms with Crippen molar-refractivity contribution in [2.45, 2.75) is 19.4 Å². The Hall–Kier alpha value is -1.75. The second-order valence-electron chi connectivity index (χ2n) is 5.05. The van der Waals surface area contributed by atoms with Crippen LogP contribution in [0.2, 0.25) is 0 Å². The lowest BCUT2D eigenvalue weighted by Gasteiger charge is -2.27. The monoisotopic (exact) mass is 248 g/mol. The largest absolute Gasteiger partial charge is 0.497 e. The van der Waals surface area contributed by atoms with Gasteiger partial charge >= 0.3 is 6.01 Å². The Bertz CT molecular complexity index is 577. The van der Waals surface area contributed by atoms with Crippen LogP contribution in [0.4, 0.5) is 6.01 Å². The molecule has 0 amide bonds. The molecule has 2 heterocycles. The average molecular weight is 248 g/mol. The van der Waals surface area contributed by atoms with Crippen molar-refractivity contribution in [2.24, 2.45) is 0 Å². The summed E-state index contributed by atoms with van der Waals surface area (Å²) in [5.74, 6) is 0.777. The summed E-state index contributed by atoms with van der Waals surface area (Å²) in [6, 6.07) is 6.20. The summed E-state index contributed by atoms with van der Waals surface area (Å²) in [4.78, 5) is 6.53. The fourth-order valence-electron chi connectivity index (χ4n) is 2.09. The molecule has 0 atom stereocenters. The van der Waals surface area contributed by atoms with E-state index >= 15 is 0 Å². The van der Waals surface area contributed by atoms with Crippen molar-refractivity contribution < 1.29 is 13.9 Å². The van der Waals surface area contributed by atoms with Crippen LogP contribution in [0.25, 0.3) is 11.1 Å². The molecule has 1 fully saturated rings. The summed E-state index contributed by atoms with van der Waals surface area (Å²) >= 11 is 0. The number of benzene rings is 1. The molecule has 1 aromatic carbocycles. The van der Waals surface area contributed by atoms with Crippen molar-refractivity contribution in [2.75, 3.05) is 25.3 Å². The van der Waals surface area contributed by atoms with E-state index < -0.39 is 0 Å². The minimum absolute atomic E-state index is 0.0923. The predicted octanol–water partition coefficient (Wildman–Crippen LogP) is 2.41. The second kappa shape index (κ2) is 3.88. The molecule has 18 heavy (non-hydrogen) atoms. The first kappa shape index (κ1) is 11.3. The lowest BCUT2D eigenvalue weighted by atomic mass is 10.1. The Balaban J connectivity index is 2.03. The van der Waals surface area contributed by atoms with E-state index in [-0.39, 0.29) is 5.54 Å². The number of anilines is 1. The molecule has 96 valence electrons. The highest BCUT2D eigenvalue weighted by atomic mass is 16.5. The van der Waals surface area contributed by atoms with Gasteiger partial charge in [-0.1, -0.05) is 0 Å². The molecule has 1 saturated heterocycles. The zero-order chi connectivity index (χ0) is 12.8. The van der Waals surface area contributed by atoms with Gasteiger partial charge in [-0.2, -0.15) is 4.98 Å². The normalized spacial score (nSPS) is 18.5. The molecule has 0 N–H and O–H groups in total. The van der Waals surface area contributed by atoms with Crippen molar-refractivity contribution in [1.82, 2.24) is 4.98 Å². The van der Waals surface area contributed by atoms with Crippen LogP contribution in [-0.2, 0) is 4.74 Å². The SMILES string of the molecule is COc1ccc2oc(N3COCC3(C)C)nc2c1. The highest BCUT2D eigenvalue weighted by molar-refractivity contribution is 5.76. The molecule has 0 unspecified atom stereocenters. The Morgan fingerprint density at radius 3 is 2.89 bits per heavy atom. The van der Waals surface area contributed by atoms with Gasteiger partial charge in [0.15, 0.2) is 5.58 Å². The van der Waals surface area contributed by atoms with E-state index in [2.05, 4.69) is 18.8 Å². The van der Waals surface area contributed by atoms with Crippen LogP contribution >= 0.6 is 0 Å². The van der Waals surface area contributed by atoms with Crippen molar-refractivity contribution in [3.8, 4) is 5.75 Å². The first-order valence-electron chi connectivity index (χ1n) is 5.90. The van der Waals surface area contributed by atoms with Crippen molar-refractivity contribution in [3.63, 3.8) is 0 Å². The zero-order valence-electron chi connectivity index (χ0n) is 10.8. The number of fused-ring (bicyclic) bond motifs is 1. The molecule has 5 nitrogen and oxygen atoms in total. The van der Waals surface area contributed by atoms with E-state index in [9.17, 15) is 0 Å². The lowest BCUT2D eigenvalue weighted by Crippen LogP contribution is -2.40. The molecule has 0 radical (unpaired) electrons. The molecule has 1 aliphatic heterocycles. The molecule has 0 saturated carbocycles. The number of oxazole rings is 1. The van der Waals surface area contributed by atoms with Gasteiger partial charge < -0.3 is 13.9 Å². The third-order valence-corrected chi connectivity index (χ3v) is 3.22. The quantitative estimate of drug-likeness (QED) is 0.816. The topological polar surface area (TPSA) is 47.7 Å². The smallest absolute Gasteiger partial charge is 0.300 e. The maximum atomic E-state index is 5.77. The van der Waals surface area contributed by atoms with Crippen LogP contribution in [0, 0.1) is 0 Å². The van der Waals surface area contributed by atoms with Gasteiger partial charge in [-0.25, -0.2) is 0 Å². The Labute approximate surface area is 105 Å². The van der Waals surface area contributed by atoms with Crippen LogP contribution in [0.1, 0.15) is 13.8 Å². The van der Waals surface area contributed by atoms with Gasteiger partial charge in [-0.05, 0) is 26.0 Å². The summed E-state index contributed by atoms with van der Waals surface area (Å²) in [6.45, 7) is 5.40. The highest BCUT2D eigenvalue weighted by Gasteiger charge is 2.36. The van der Waals surface area contributed by atoms with Gasteiger partial charge in [0.1, 0.15) is 18.0 Å². The molecule has 5 heteroatoms. The van der Waals surface area contributed by atoms with E-state index in [1.165, 1.54) is 0 Å². The molecule has 0 aliphatic carbocycles. The van der Waals surface area contributed by atoms with Gasteiger partial charge in [0.05, 0.1) is 19.3 Å². The fourth-order valence-corrected chi connectivity index (χ4v) is 2.09. The first-order chi connectivity index (χ1) is 8.60. The lowest BCUT2D eigenvalue weighted by molar-refractivity contribution is 0.183. The third kappa shape index (κ3) is 1.71. The number of rotatable bonds is 2. The van der Waals surface area contributed by atoms with Gasteiger partial charge in [-0.15, -0.1) is 0 Å². The number of ether oxygens (including phenoxy) is 2. The average Bonchev–Trinajstić information content (AvgIpc) is 2.90. The highest BCUT2D eigenvalue weighted by Crippen LogP contribution is 2.31. The predicted molar refractivity (Wildman–Crippen MR) is 67.9 cm³/mol. The molecule has 1 aromatic heterocycles. The number of nitrogens with zero attached hydrogens (tertiary/aromatic N) is 2. The molecular weight excluding hydrogens is 232 g/mol. The summed E-state index contributed by atoms with van der Waals surface area (Å²) < 4.78 is 16.4. The Morgan fingerprint density at radius 2 is 2.22 bits per heavy atom. The van der Waals surface area contributed by atoms with Crippen LogP contribution in [0.3, 0.4) is 0 Å². The van der Waals surface area contributed by atoms with E-state index in [1.54, 1.807) is 7.11 Å². The summed E-state index contributed by atoms with van der Waals surface area (Å²) in [5, 5.41) is 0. The van der Waals surface area contributed by atoms with Gasteiger partial charge in [0.2, 0.25) is 0 Å². The van der Waals surface area contributed by atoms with E-state index in [0.717, 1.165) is 16.8 Å². The molecule has 0 bridgehead atoms. The van der Waals surface area contributed by atoms with Crippen LogP contribution < -0.4 is 9.64 Å². The minimum atomic E-state index is -0.0923. The zero-order valence-corrected chi connectivity index (χ0v) is 10.8. The minimum Gasteiger partial charge on any atom is -0.497 e. The summed E-state index contributed by atoms with van der Waals surface area (Å²) in [6.07, 6.45) is 0. The molecule has 2 aromatic rings. The van der Waals surface area contributed by atoms with Crippen LogP contribution in [0.15, 0.2) is 22.6 Å². The van der Waals surface area contributed by atoms with Gasteiger partial charge in [0.25, 0.3) is 0 Å². The van der Waals surface area contributed by atoms with Crippen molar-refractivity contribution in [1.29, 1.82) is 0 Å². The van der Waals surface area contributed by atoms with Crippen LogP contribution in [0.5, 0.6) is 5.75 Å². The molecule has 3 rings (SSSR count). The maximum absolute atomic E-state index is 5.77. The standard InChI is InChI=1S/C13H16N2O3/c1-13(2)7-17-8-15(13)12-14-10-6-9(16-3)4-5-11(10)18-12/h4-6H,7-8H2,1-3H3. The molecule has 0 spiro atoms. The Morgan fingerprint density at radius 1 is 1.39 bits per heavy atom. The van der Waals surface area contributed by atoms with E-state index in [4.69, 9.17) is 13.9 Å². The molecule has 1 aliphatic rings. The summed E-state index contributed by atoms with van der Waals surface area (Å²) in [5.41, 5.74) is 1.46. The van der Waals surface area contributed by atoms with Crippen molar-refractivity contribution in [3.05, 3.63) is 18.2 Å². The number of hydrogen-bond acceptors (Lipinski definition) is 5. The summed E-state index contributed by atoms with van der Waals surface area (Å²) in [7, 11) is 1.64. The van der Waals surface area contributed by atoms with Gasteiger partial charge in [-0.3, -0.25) is 4.90 Å². The number of aromatic nitrogens is 1. The fraction of sp³-hybridized carbons (Fsp3) is 0.462. The van der Waals surface area contributed by atoms with Crippen LogP contribution in [-0.4, -0.2) is 31.0 Å². The van der Waals surface area contributed by atoms with Crippen molar-refractivity contribution >= 4 is 17.1 Å². The van der Waals surface area contributed by atoms with Gasteiger partial charge in [0, 0.05) is 6.07 Å². The second-order valence-corrected chi connectivity index (χ2v) is 5.05. The molecular formula is C13H16N2O3. The first-order valence-corrected chi connectivity index (χ1v) is 5.90. The Kier molecular flexibility index (Phi) is 2.45. The number of methoxy groups -OCH3 is 1.